The van der Waals surface area contributed by atoms with Crippen molar-refractivity contribution >= 4 is 19.8 Å². The fraction of sp³-hybridized carbons (Fsp3) is 0.608. The van der Waals surface area contributed by atoms with Crippen LogP contribution in [0, 0.1) is 0 Å². The minimum atomic E-state index is -4.81. The van der Waals surface area contributed by atoms with Crippen molar-refractivity contribution in [3.63, 3.8) is 0 Å². The average molecular weight is 954 g/mol. The van der Waals surface area contributed by atoms with E-state index in [2.05, 4.69) is 48.1 Å². The number of morpholine rings is 1. The van der Waals surface area contributed by atoms with Gasteiger partial charge in [-0.25, -0.2) is 13.9 Å². The van der Waals surface area contributed by atoms with Crippen LogP contribution in [0.25, 0.3) is 0 Å². The number of aliphatic hydroxyl groups excluding tert-OH is 1. The first kappa shape index (κ1) is 52.6. The molecule has 15 nitrogen and oxygen atoms in total. The lowest BCUT2D eigenvalue weighted by Crippen LogP contribution is -2.62. The van der Waals surface area contributed by atoms with Crippen LogP contribution >= 0.6 is 7.82 Å². The number of aryl methyl sites for hydroxylation is 1. The predicted molar refractivity (Wildman–Crippen MR) is 254 cm³/mol. The Labute approximate surface area is 397 Å². The summed E-state index contributed by atoms with van der Waals surface area (Å²) in [6.07, 6.45) is 8.23. The van der Waals surface area contributed by atoms with Gasteiger partial charge in [0.25, 0.3) is 0 Å². The highest BCUT2D eigenvalue weighted by Gasteiger charge is 2.71. The number of nitrogens with one attached hydrogen (secondary N) is 1. The molecule has 0 spiro atoms. The van der Waals surface area contributed by atoms with Crippen LogP contribution < -0.4 is 10.1 Å². The standard InChI is InChI=1S/C51H74N3O12P/c1-5-53(4)44-31-42(32-45(53)50-49(44)66-50)65-51(57)43(39-23-14-11-15-24-39)36-62-48(56)35-54(6-2,7-3)34-41-30-40(25-26-47(41)63-37-64-67(58,59)60)46(55)33-52-27-17-8-9-18-28-61-29-19-16-22-38-20-12-10-13-21-38/h10-15,20-21,23-26,30,42-46,49-50,52,55H,5-9,16-19,22,27-29,31-37H2,1-4H3/p+2/t42?,43?,44?,45?,46?,49-,50+,53?. The van der Waals surface area contributed by atoms with E-state index in [9.17, 15) is 29.0 Å². The second kappa shape index (κ2) is 25.2. The van der Waals surface area contributed by atoms with E-state index < -0.39 is 38.6 Å². The van der Waals surface area contributed by atoms with Gasteiger partial charge in [-0.3, -0.25) is 4.79 Å². The van der Waals surface area contributed by atoms with Gasteiger partial charge in [-0.1, -0.05) is 79.6 Å². The van der Waals surface area contributed by atoms with E-state index in [-0.39, 0.29) is 42.5 Å². The Morgan fingerprint density at radius 2 is 1.52 bits per heavy atom. The topological polar surface area (TPSA) is 183 Å². The van der Waals surface area contributed by atoms with Crippen molar-refractivity contribution in [2.45, 2.75) is 128 Å². The summed E-state index contributed by atoms with van der Waals surface area (Å²) in [6, 6.07) is 25.5. The van der Waals surface area contributed by atoms with Crippen LogP contribution in [0.2, 0.25) is 0 Å². The molecule has 4 N–H and O–H groups in total. The minimum absolute atomic E-state index is 0.0283. The number of hydrogen-bond acceptors (Lipinski definition) is 11. The van der Waals surface area contributed by atoms with E-state index in [4.69, 9.17) is 23.7 Å². The molecule has 0 radical (unpaired) electrons. The van der Waals surface area contributed by atoms with E-state index in [1.165, 1.54) is 5.56 Å². The zero-order valence-corrected chi connectivity index (χ0v) is 40.9. The zero-order chi connectivity index (χ0) is 47.9. The summed E-state index contributed by atoms with van der Waals surface area (Å²) in [4.78, 5) is 46.4. The summed E-state index contributed by atoms with van der Waals surface area (Å²) in [5.41, 5.74) is 3.31. The molecule has 3 saturated heterocycles. The Balaban J connectivity index is 0.994. The summed E-state index contributed by atoms with van der Waals surface area (Å²) in [6.45, 7) is 10.2. The second-order valence-electron chi connectivity index (χ2n) is 18.8. The number of phosphoric ester groups is 1. The third-order valence-electron chi connectivity index (χ3n) is 14.5. The summed E-state index contributed by atoms with van der Waals surface area (Å²) in [7, 11) is -2.52. The highest BCUT2D eigenvalue weighted by molar-refractivity contribution is 7.46. The number of aliphatic hydroxyl groups is 1. The van der Waals surface area contributed by atoms with Crippen LogP contribution in [0.1, 0.15) is 106 Å². The molecule has 3 aromatic carbocycles. The number of carbonyl (C=O) groups is 2. The maximum Gasteiger partial charge on any atom is 0.472 e. The number of quaternary nitrogens is 2. The maximum absolute atomic E-state index is 13.9. The molecule has 16 heteroatoms. The molecule has 2 bridgehead atoms. The summed E-state index contributed by atoms with van der Waals surface area (Å²) < 4.78 is 47.0. The number of nitrogens with zero attached hydrogens (tertiary/aromatic N) is 2. The van der Waals surface area contributed by atoms with E-state index in [1.807, 2.05) is 50.2 Å². The number of piperidine rings is 1. The third kappa shape index (κ3) is 15.1. The van der Waals surface area contributed by atoms with Crippen molar-refractivity contribution in [2.24, 2.45) is 0 Å². The fourth-order valence-corrected chi connectivity index (χ4v) is 10.3. The maximum atomic E-state index is 13.9. The number of esters is 2. The molecule has 3 heterocycles. The first-order valence-electron chi connectivity index (χ1n) is 24.5. The van der Waals surface area contributed by atoms with Crippen LogP contribution in [0.3, 0.4) is 0 Å². The number of rotatable bonds is 31. The Morgan fingerprint density at radius 3 is 2.18 bits per heavy atom. The van der Waals surface area contributed by atoms with Crippen molar-refractivity contribution in [3.8, 4) is 5.75 Å². The zero-order valence-electron chi connectivity index (χ0n) is 40.0. The molecule has 8 atom stereocenters. The summed E-state index contributed by atoms with van der Waals surface area (Å²) in [5, 5.41) is 14.6. The SMILES string of the molecule is CC[N+](CC)(CC(=O)OCC(C(=O)OC1CC2[C@H]3O[C@H]3C(C1)[N+]2(C)CC)c1ccccc1)Cc1cc(C(O)CNCCCCCCOCCCCc2ccccc2)ccc1OCOP(=O)(O)O. The van der Waals surface area contributed by atoms with Crippen molar-refractivity contribution in [2.75, 3.05) is 72.9 Å². The number of phosphoric acid groups is 1. The van der Waals surface area contributed by atoms with Crippen LogP contribution in [0.15, 0.2) is 78.9 Å². The largest absolute Gasteiger partial charge is 0.472 e. The number of benzene rings is 3. The number of hydrogen-bond donors (Lipinski definition) is 4. The quantitative estimate of drug-likeness (QED) is 0.0133. The highest BCUT2D eigenvalue weighted by Crippen LogP contribution is 2.52. The van der Waals surface area contributed by atoms with Gasteiger partial charge in [0.05, 0.1) is 32.8 Å². The van der Waals surface area contributed by atoms with E-state index in [1.54, 1.807) is 18.2 Å². The molecule has 3 aliphatic heterocycles. The number of likely N-dealkylation sites (N-methyl/N-ethyl adjacent to an activating group) is 2. The summed E-state index contributed by atoms with van der Waals surface area (Å²) in [5.74, 6) is -1.41. The van der Waals surface area contributed by atoms with Crippen LogP contribution in [-0.4, -0.2) is 139 Å². The molecule has 0 amide bonds. The van der Waals surface area contributed by atoms with Gasteiger partial charge in [0, 0.05) is 38.2 Å². The van der Waals surface area contributed by atoms with Gasteiger partial charge in [-0.05, 0) is 88.2 Å². The van der Waals surface area contributed by atoms with Crippen molar-refractivity contribution < 1.29 is 66.2 Å². The van der Waals surface area contributed by atoms with Crippen molar-refractivity contribution in [1.29, 1.82) is 0 Å². The molecule has 6 unspecified atom stereocenters. The number of epoxide rings is 1. The Hall–Kier alpha value is -3.73. The third-order valence-corrected chi connectivity index (χ3v) is 14.9. The smallest absolute Gasteiger partial charge is 0.466 e. The van der Waals surface area contributed by atoms with Gasteiger partial charge >= 0.3 is 19.8 Å². The lowest BCUT2D eigenvalue weighted by Gasteiger charge is -2.47. The molecule has 6 rings (SSSR count). The molecule has 0 aliphatic carbocycles. The molecule has 0 saturated carbocycles. The number of unbranched alkanes of at least 4 members (excludes halogenated alkanes) is 4. The van der Waals surface area contributed by atoms with Gasteiger partial charge in [0.1, 0.15) is 55.2 Å². The Bertz CT molecular complexity index is 2020. The van der Waals surface area contributed by atoms with Crippen molar-refractivity contribution in [1.82, 2.24) is 5.32 Å². The number of ether oxygens (including phenoxy) is 5. The molecule has 370 valence electrons. The van der Waals surface area contributed by atoms with E-state index in [0.717, 1.165) is 88.6 Å². The monoisotopic (exact) mass is 954 g/mol. The molecular formula is C51H76N3O12P+2. The van der Waals surface area contributed by atoms with Crippen LogP contribution in [0.4, 0.5) is 0 Å². The molecule has 3 fully saturated rings. The van der Waals surface area contributed by atoms with Crippen molar-refractivity contribution in [3.05, 3.63) is 101 Å². The molecule has 3 aliphatic rings. The molecule has 0 aromatic heterocycles. The first-order chi connectivity index (χ1) is 32.3. The summed E-state index contributed by atoms with van der Waals surface area (Å²) >= 11 is 0. The fourth-order valence-electron chi connectivity index (χ4n) is 10.1. The average Bonchev–Trinajstić information content (AvgIpc) is 4.10. The normalized spacial score (nSPS) is 23.0. The van der Waals surface area contributed by atoms with Gasteiger partial charge < -0.3 is 52.9 Å². The van der Waals surface area contributed by atoms with Gasteiger partial charge in [-0.2, -0.15) is 0 Å². The van der Waals surface area contributed by atoms with Crippen LogP contribution in [0.5, 0.6) is 5.75 Å². The Morgan fingerprint density at radius 1 is 0.866 bits per heavy atom. The predicted octanol–water partition coefficient (Wildman–Crippen LogP) is 6.73. The minimum Gasteiger partial charge on any atom is -0.466 e. The van der Waals surface area contributed by atoms with Gasteiger partial charge in [0.2, 0.25) is 0 Å². The molecule has 67 heavy (non-hydrogen) atoms. The number of fused-ring (bicyclic) bond motifs is 5. The first-order valence-corrected chi connectivity index (χ1v) is 26.0. The molecule has 3 aromatic rings. The van der Waals surface area contributed by atoms with Crippen LogP contribution in [-0.2, 0) is 50.6 Å². The van der Waals surface area contributed by atoms with Gasteiger partial charge in [0.15, 0.2) is 13.3 Å². The lowest BCUT2D eigenvalue weighted by molar-refractivity contribution is -0.954. The van der Waals surface area contributed by atoms with E-state index in [0.29, 0.717) is 54.2 Å². The molecular weight excluding hydrogens is 878 g/mol. The Kier molecular flexibility index (Phi) is 19.8. The second-order valence-corrected chi connectivity index (χ2v) is 20.0. The highest BCUT2D eigenvalue weighted by atomic mass is 31.2. The van der Waals surface area contributed by atoms with E-state index >= 15 is 0 Å². The number of carbonyl (C=O) groups excluding carboxylic acids is 2. The van der Waals surface area contributed by atoms with Gasteiger partial charge in [-0.15, -0.1) is 0 Å². The lowest BCUT2D eigenvalue weighted by atomic mass is 9.95.